The summed E-state index contributed by atoms with van der Waals surface area (Å²) in [5.74, 6) is 0. The van der Waals surface area contributed by atoms with E-state index in [9.17, 15) is 4.79 Å². The van der Waals surface area contributed by atoms with Crippen LogP contribution in [0.1, 0.15) is 25.7 Å². The van der Waals surface area contributed by atoms with Gasteiger partial charge in [-0.25, -0.2) is 4.98 Å². The zero-order valence-corrected chi connectivity index (χ0v) is 16.7. The summed E-state index contributed by atoms with van der Waals surface area (Å²) in [6.07, 6.45) is 9.99. The van der Waals surface area contributed by atoms with Crippen LogP contribution in [0.4, 0.5) is 5.69 Å². The smallest absolute Gasteiger partial charge is 0.252 e. The molecule has 1 aromatic carbocycles. The summed E-state index contributed by atoms with van der Waals surface area (Å²) in [6, 6.07) is 9.39. The van der Waals surface area contributed by atoms with Crippen LogP contribution in [0.5, 0.6) is 0 Å². The Bertz CT molecular complexity index is 1050. The lowest BCUT2D eigenvalue weighted by Gasteiger charge is -2.36. The van der Waals surface area contributed by atoms with Gasteiger partial charge in [-0.1, -0.05) is 0 Å². The molecule has 0 atom stereocenters. The highest BCUT2D eigenvalue weighted by molar-refractivity contribution is 5.93. The molecule has 1 aliphatic carbocycles. The quantitative estimate of drug-likeness (QED) is 0.697. The van der Waals surface area contributed by atoms with Gasteiger partial charge < -0.3 is 24.5 Å². The van der Waals surface area contributed by atoms with Crippen molar-refractivity contribution in [3.8, 4) is 5.69 Å². The predicted molar refractivity (Wildman–Crippen MR) is 114 cm³/mol. The Labute approximate surface area is 169 Å². The predicted octanol–water partition coefficient (Wildman–Crippen LogP) is 2.44. The highest BCUT2D eigenvalue weighted by Crippen LogP contribution is 2.28. The van der Waals surface area contributed by atoms with Crippen LogP contribution in [0, 0.1) is 0 Å². The van der Waals surface area contributed by atoms with Gasteiger partial charge in [-0.2, -0.15) is 0 Å². The van der Waals surface area contributed by atoms with E-state index in [1.807, 2.05) is 29.9 Å². The second kappa shape index (κ2) is 7.65. The standard InChI is InChI=1S/C22H27N5O2/c1-26-21-7-6-18(27-9-8-23-14-27)10-19(21)20(11-22(26)28)25-16-4-2-15(3-5-16)24-17-12-29-13-17/h6-11,14-17,24-25H,2-5,12-13H2,1H3/t15-,16-. The molecule has 0 spiro atoms. The highest BCUT2D eigenvalue weighted by atomic mass is 16.5. The molecule has 2 aromatic heterocycles. The Kier molecular flexibility index (Phi) is 4.85. The van der Waals surface area contributed by atoms with Crippen molar-refractivity contribution in [1.82, 2.24) is 19.4 Å². The van der Waals surface area contributed by atoms with Crippen molar-refractivity contribution in [3.05, 3.63) is 53.3 Å². The number of nitrogens with one attached hydrogen (secondary N) is 2. The number of pyridine rings is 1. The third-order valence-corrected chi connectivity index (χ3v) is 6.23. The topological polar surface area (TPSA) is 73.1 Å². The number of benzene rings is 1. The number of rotatable bonds is 5. The molecule has 2 N–H and O–H groups in total. The monoisotopic (exact) mass is 393 g/mol. The fourth-order valence-corrected chi connectivity index (χ4v) is 4.43. The molecule has 2 fully saturated rings. The van der Waals surface area contributed by atoms with Gasteiger partial charge in [-0.3, -0.25) is 4.79 Å². The van der Waals surface area contributed by atoms with Gasteiger partial charge in [-0.15, -0.1) is 0 Å². The van der Waals surface area contributed by atoms with Crippen molar-refractivity contribution < 1.29 is 4.74 Å². The normalized spacial score (nSPS) is 22.5. The number of hydrogen-bond donors (Lipinski definition) is 2. The van der Waals surface area contributed by atoms with E-state index in [2.05, 4.69) is 21.7 Å². The number of nitrogens with zero attached hydrogens (tertiary/aromatic N) is 3. The molecule has 5 rings (SSSR count). The number of fused-ring (bicyclic) bond motifs is 1. The molecule has 7 nitrogen and oxygen atoms in total. The number of imidazole rings is 1. The average molecular weight is 393 g/mol. The first-order valence-electron chi connectivity index (χ1n) is 10.4. The van der Waals surface area contributed by atoms with Gasteiger partial charge >= 0.3 is 0 Å². The highest BCUT2D eigenvalue weighted by Gasteiger charge is 2.26. The van der Waals surface area contributed by atoms with Crippen molar-refractivity contribution >= 4 is 16.6 Å². The second-order valence-corrected chi connectivity index (χ2v) is 8.22. The van der Waals surface area contributed by atoms with Gasteiger partial charge in [0.2, 0.25) is 0 Å². The van der Waals surface area contributed by atoms with Gasteiger partial charge in [0.15, 0.2) is 0 Å². The molecular formula is C22H27N5O2. The molecule has 0 unspecified atom stereocenters. The van der Waals surface area contributed by atoms with Crippen LogP contribution in [-0.2, 0) is 11.8 Å². The minimum Gasteiger partial charge on any atom is -0.382 e. The summed E-state index contributed by atoms with van der Waals surface area (Å²) >= 11 is 0. The zero-order valence-electron chi connectivity index (χ0n) is 16.7. The van der Waals surface area contributed by atoms with E-state index in [-0.39, 0.29) is 5.56 Å². The molecule has 3 heterocycles. The molecule has 0 radical (unpaired) electrons. The number of anilines is 1. The van der Waals surface area contributed by atoms with E-state index in [0.717, 1.165) is 61.2 Å². The van der Waals surface area contributed by atoms with Crippen molar-refractivity contribution in [2.24, 2.45) is 7.05 Å². The van der Waals surface area contributed by atoms with Crippen LogP contribution in [0.3, 0.4) is 0 Å². The molecule has 1 aliphatic heterocycles. The Morgan fingerprint density at radius 2 is 1.86 bits per heavy atom. The van der Waals surface area contributed by atoms with Crippen molar-refractivity contribution in [2.75, 3.05) is 18.5 Å². The SMILES string of the molecule is Cn1c(=O)cc(N[C@H]2CC[C@H](NC3COC3)CC2)c2cc(-n3ccnc3)ccc21. The molecule has 7 heteroatoms. The second-order valence-electron chi connectivity index (χ2n) is 8.22. The lowest BCUT2D eigenvalue weighted by Crippen LogP contribution is -2.51. The first kappa shape index (κ1) is 18.4. The molecule has 152 valence electrons. The van der Waals surface area contributed by atoms with E-state index in [0.29, 0.717) is 18.1 Å². The van der Waals surface area contributed by atoms with Gasteiger partial charge in [0, 0.05) is 54.4 Å². The molecule has 1 saturated heterocycles. The zero-order chi connectivity index (χ0) is 19.8. The summed E-state index contributed by atoms with van der Waals surface area (Å²) in [4.78, 5) is 16.7. The average Bonchev–Trinajstić information content (AvgIpc) is 3.24. The van der Waals surface area contributed by atoms with Crippen LogP contribution in [0.15, 0.2) is 47.8 Å². The Hall–Kier alpha value is -2.64. The van der Waals surface area contributed by atoms with Crippen LogP contribution in [0.25, 0.3) is 16.6 Å². The summed E-state index contributed by atoms with van der Waals surface area (Å²) in [5, 5.41) is 8.43. The largest absolute Gasteiger partial charge is 0.382 e. The maximum absolute atomic E-state index is 12.5. The molecule has 2 aliphatic rings. The lowest BCUT2D eigenvalue weighted by molar-refractivity contribution is -0.0120. The molecular weight excluding hydrogens is 366 g/mol. The van der Waals surface area contributed by atoms with E-state index in [1.165, 1.54) is 0 Å². The third-order valence-electron chi connectivity index (χ3n) is 6.23. The van der Waals surface area contributed by atoms with Crippen molar-refractivity contribution in [1.29, 1.82) is 0 Å². The minimum atomic E-state index is 0.00992. The van der Waals surface area contributed by atoms with Crippen molar-refractivity contribution in [2.45, 2.75) is 43.8 Å². The summed E-state index contributed by atoms with van der Waals surface area (Å²) in [7, 11) is 1.83. The number of ether oxygens (including phenoxy) is 1. The van der Waals surface area contributed by atoms with Crippen LogP contribution >= 0.6 is 0 Å². The summed E-state index contributed by atoms with van der Waals surface area (Å²) in [6.45, 7) is 1.69. The number of hydrogen-bond acceptors (Lipinski definition) is 5. The van der Waals surface area contributed by atoms with E-state index in [1.54, 1.807) is 23.2 Å². The fourth-order valence-electron chi connectivity index (χ4n) is 4.43. The van der Waals surface area contributed by atoms with E-state index in [4.69, 9.17) is 4.74 Å². The summed E-state index contributed by atoms with van der Waals surface area (Å²) < 4.78 is 8.95. The lowest BCUT2D eigenvalue weighted by atomic mass is 9.90. The molecule has 3 aromatic rings. The first-order chi connectivity index (χ1) is 14.2. The Balaban J connectivity index is 1.38. The molecule has 0 bridgehead atoms. The van der Waals surface area contributed by atoms with Crippen LogP contribution < -0.4 is 16.2 Å². The van der Waals surface area contributed by atoms with E-state index >= 15 is 0 Å². The van der Waals surface area contributed by atoms with Crippen LogP contribution in [-0.4, -0.2) is 45.5 Å². The van der Waals surface area contributed by atoms with E-state index < -0.39 is 0 Å². The molecule has 0 amide bonds. The van der Waals surface area contributed by atoms with Crippen molar-refractivity contribution in [3.63, 3.8) is 0 Å². The van der Waals surface area contributed by atoms with Gasteiger partial charge in [0.1, 0.15) is 0 Å². The fraction of sp³-hybridized carbons (Fsp3) is 0.455. The van der Waals surface area contributed by atoms with Crippen LogP contribution in [0.2, 0.25) is 0 Å². The Morgan fingerprint density at radius 1 is 1.07 bits per heavy atom. The van der Waals surface area contributed by atoms with Gasteiger partial charge in [0.25, 0.3) is 5.56 Å². The molecule has 29 heavy (non-hydrogen) atoms. The number of aryl methyl sites for hydroxylation is 1. The molecule has 1 saturated carbocycles. The maximum Gasteiger partial charge on any atom is 0.252 e. The summed E-state index contributed by atoms with van der Waals surface area (Å²) in [5.41, 5.74) is 2.90. The Morgan fingerprint density at radius 3 is 2.55 bits per heavy atom. The van der Waals surface area contributed by atoms with Gasteiger partial charge in [-0.05, 0) is 43.9 Å². The number of aromatic nitrogens is 3. The maximum atomic E-state index is 12.5. The third kappa shape index (κ3) is 3.68. The first-order valence-corrected chi connectivity index (χ1v) is 10.4. The minimum absolute atomic E-state index is 0.00992. The van der Waals surface area contributed by atoms with Gasteiger partial charge in [0.05, 0.1) is 31.1 Å².